The highest BCUT2D eigenvalue weighted by Crippen LogP contribution is 2.32. The first kappa shape index (κ1) is 12.8. The number of hydrogen-bond donors (Lipinski definition) is 4. The van der Waals surface area contributed by atoms with Crippen molar-refractivity contribution < 1.29 is 10.2 Å². The second-order valence-electron chi connectivity index (χ2n) is 4.23. The zero-order valence-electron chi connectivity index (χ0n) is 8.58. The summed E-state index contributed by atoms with van der Waals surface area (Å²) in [5, 5.41) is 17.5. The lowest BCUT2D eigenvalue weighted by molar-refractivity contribution is 0.106. The summed E-state index contributed by atoms with van der Waals surface area (Å²) in [6, 6.07) is 0. The highest BCUT2D eigenvalue weighted by molar-refractivity contribution is 4.92. The molecule has 0 aliphatic heterocycles. The van der Waals surface area contributed by atoms with Crippen LogP contribution in [0.25, 0.3) is 0 Å². The monoisotopic (exact) mass is 190 g/mol. The normalized spacial score (nSPS) is 13.4. The van der Waals surface area contributed by atoms with E-state index < -0.39 is 5.66 Å². The first-order valence-corrected chi connectivity index (χ1v) is 4.67. The summed E-state index contributed by atoms with van der Waals surface area (Å²) in [5.74, 6) is 0. The van der Waals surface area contributed by atoms with Crippen molar-refractivity contribution in [3.8, 4) is 0 Å². The minimum Gasteiger partial charge on any atom is -0.396 e. The first-order chi connectivity index (χ1) is 5.87. The highest BCUT2D eigenvalue weighted by Gasteiger charge is 2.37. The maximum atomic E-state index is 8.78. The van der Waals surface area contributed by atoms with Gasteiger partial charge in [0, 0.05) is 19.6 Å². The van der Waals surface area contributed by atoms with Crippen LogP contribution in [0, 0.1) is 5.41 Å². The zero-order chi connectivity index (χ0) is 10.5. The van der Waals surface area contributed by atoms with E-state index >= 15 is 0 Å². The standard InChI is InChI=1S/C9H22N2O2/c1-8(2,4-3-6-12)9(10,11)5-7-13/h12-13H,3-7,10-11H2,1-2H3. The molecule has 6 N–H and O–H groups in total. The van der Waals surface area contributed by atoms with Crippen LogP contribution in [-0.2, 0) is 0 Å². The third-order valence-corrected chi connectivity index (χ3v) is 2.75. The molecule has 0 unspecified atom stereocenters. The molecule has 0 saturated heterocycles. The van der Waals surface area contributed by atoms with Gasteiger partial charge in [-0.1, -0.05) is 13.8 Å². The molecular weight excluding hydrogens is 168 g/mol. The molecule has 0 radical (unpaired) electrons. The Morgan fingerprint density at radius 2 is 1.54 bits per heavy atom. The largest absolute Gasteiger partial charge is 0.396 e. The van der Waals surface area contributed by atoms with Crippen LogP contribution in [0.5, 0.6) is 0 Å². The number of aliphatic hydroxyl groups excluding tert-OH is 2. The lowest BCUT2D eigenvalue weighted by Gasteiger charge is -2.41. The lowest BCUT2D eigenvalue weighted by atomic mass is 9.74. The van der Waals surface area contributed by atoms with Crippen LogP contribution in [0.15, 0.2) is 0 Å². The summed E-state index contributed by atoms with van der Waals surface area (Å²) >= 11 is 0. The van der Waals surface area contributed by atoms with E-state index in [-0.39, 0.29) is 18.6 Å². The summed E-state index contributed by atoms with van der Waals surface area (Å²) in [7, 11) is 0. The quantitative estimate of drug-likeness (QED) is 0.436. The molecule has 4 nitrogen and oxygen atoms in total. The Kier molecular flexibility index (Phi) is 4.85. The fourth-order valence-corrected chi connectivity index (χ4v) is 1.28. The highest BCUT2D eigenvalue weighted by atomic mass is 16.3. The summed E-state index contributed by atoms with van der Waals surface area (Å²) in [5.41, 5.74) is 10.6. The van der Waals surface area contributed by atoms with Crippen molar-refractivity contribution in [1.29, 1.82) is 0 Å². The van der Waals surface area contributed by atoms with Gasteiger partial charge in [0.15, 0.2) is 0 Å². The Hall–Kier alpha value is -0.160. The second-order valence-corrected chi connectivity index (χ2v) is 4.23. The van der Waals surface area contributed by atoms with Crippen molar-refractivity contribution in [2.24, 2.45) is 16.9 Å². The van der Waals surface area contributed by atoms with Gasteiger partial charge in [-0.2, -0.15) is 0 Å². The van der Waals surface area contributed by atoms with E-state index in [0.717, 1.165) is 6.42 Å². The molecule has 4 heteroatoms. The van der Waals surface area contributed by atoms with Crippen molar-refractivity contribution in [2.45, 2.75) is 38.8 Å². The van der Waals surface area contributed by atoms with Gasteiger partial charge in [0.2, 0.25) is 0 Å². The van der Waals surface area contributed by atoms with E-state index in [1.54, 1.807) is 0 Å². The van der Waals surface area contributed by atoms with Gasteiger partial charge in [-0.05, 0) is 18.3 Å². The fourth-order valence-electron chi connectivity index (χ4n) is 1.28. The van der Waals surface area contributed by atoms with Crippen molar-refractivity contribution in [3.05, 3.63) is 0 Å². The summed E-state index contributed by atoms with van der Waals surface area (Å²) in [6.45, 7) is 4.06. The van der Waals surface area contributed by atoms with Gasteiger partial charge in [0.1, 0.15) is 0 Å². The Balaban J connectivity index is 4.22. The Morgan fingerprint density at radius 3 is 1.92 bits per heavy atom. The van der Waals surface area contributed by atoms with Crippen LogP contribution in [0.4, 0.5) is 0 Å². The number of hydrogen-bond acceptors (Lipinski definition) is 4. The van der Waals surface area contributed by atoms with Gasteiger partial charge in [-0.15, -0.1) is 0 Å². The third kappa shape index (κ3) is 3.60. The molecule has 0 aromatic rings. The fraction of sp³-hybridized carbons (Fsp3) is 1.00. The minimum absolute atomic E-state index is 0.00441. The molecule has 80 valence electrons. The van der Waals surface area contributed by atoms with E-state index in [1.807, 2.05) is 13.8 Å². The number of rotatable bonds is 6. The van der Waals surface area contributed by atoms with E-state index in [1.165, 1.54) is 0 Å². The van der Waals surface area contributed by atoms with E-state index in [4.69, 9.17) is 21.7 Å². The van der Waals surface area contributed by atoms with Crippen molar-refractivity contribution in [3.63, 3.8) is 0 Å². The van der Waals surface area contributed by atoms with Crippen LogP contribution in [0.2, 0.25) is 0 Å². The lowest BCUT2D eigenvalue weighted by Crippen LogP contribution is -2.60. The van der Waals surface area contributed by atoms with Crippen LogP contribution < -0.4 is 11.5 Å². The third-order valence-electron chi connectivity index (χ3n) is 2.75. The van der Waals surface area contributed by atoms with Crippen LogP contribution >= 0.6 is 0 Å². The van der Waals surface area contributed by atoms with Crippen LogP contribution in [-0.4, -0.2) is 29.1 Å². The Morgan fingerprint density at radius 1 is 1.00 bits per heavy atom. The van der Waals surface area contributed by atoms with Crippen molar-refractivity contribution in [1.82, 2.24) is 0 Å². The molecule has 0 aliphatic rings. The molecule has 0 saturated carbocycles. The van der Waals surface area contributed by atoms with E-state index in [9.17, 15) is 0 Å². The van der Waals surface area contributed by atoms with Gasteiger partial charge in [-0.3, -0.25) is 0 Å². The molecule has 0 aromatic heterocycles. The molecule has 0 spiro atoms. The summed E-state index contributed by atoms with van der Waals surface area (Å²) in [6.07, 6.45) is 1.83. The van der Waals surface area contributed by atoms with Gasteiger partial charge in [-0.25, -0.2) is 0 Å². The number of aliphatic hydroxyl groups is 2. The van der Waals surface area contributed by atoms with Crippen LogP contribution in [0.1, 0.15) is 33.1 Å². The average molecular weight is 190 g/mol. The Labute approximate surface area is 79.9 Å². The summed E-state index contributed by atoms with van der Waals surface area (Å²) in [4.78, 5) is 0. The van der Waals surface area contributed by atoms with E-state index in [0.29, 0.717) is 12.8 Å². The van der Waals surface area contributed by atoms with Gasteiger partial charge < -0.3 is 21.7 Å². The molecule has 0 atom stereocenters. The predicted molar refractivity (Wildman–Crippen MR) is 52.9 cm³/mol. The topological polar surface area (TPSA) is 92.5 Å². The van der Waals surface area contributed by atoms with Crippen molar-refractivity contribution >= 4 is 0 Å². The maximum Gasteiger partial charge on any atom is 0.0711 e. The smallest absolute Gasteiger partial charge is 0.0711 e. The molecule has 13 heavy (non-hydrogen) atoms. The minimum atomic E-state index is -0.864. The molecule has 0 rings (SSSR count). The van der Waals surface area contributed by atoms with Gasteiger partial charge in [0.05, 0.1) is 5.66 Å². The zero-order valence-corrected chi connectivity index (χ0v) is 8.58. The average Bonchev–Trinajstić information content (AvgIpc) is 2.00. The molecular formula is C9H22N2O2. The molecule has 0 aliphatic carbocycles. The molecule has 0 heterocycles. The maximum absolute atomic E-state index is 8.78. The van der Waals surface area contributed by atoms with Crippen molar-refractivity contribution in [2.75, 3.05) is 13.2 Å². The second kappa shape index (κ2) is 4.91. The van der Waals surface area contributed by atoms with Crippen LogP contribution in [0.3, 0.4) is 0 Å². The first-order valence-electron chi connectivity index (χ1n) is 4.67. The molecule has 0 fully saturated rings. The van der Waals surface area contributed by atoms with Gasteiger partial charge in [0.25, 0.3) is 0 Å². The number of nitrogens with two attached hydrogens (primary N) is 2. The molecule has 0 amide bonds. The Bertz CT molecular complexity index is 147. The van der Waals surface area contributed by atoms with Gasteiger partial charge >= 0.3 is 0 Å². The summed E-state index contributed by atoms with van der Waals surface area (Å²) < 4.78 is 0. The van der Waals surface area contributed by atoms with E-state index in [2.05, 4.69) is 0 Å². The molecule has 0 bridgehead atoms. The SMILES string of the molecule is CC(C)(CCCO)C(N)(N)CCO. The predicted octanol–water partition coefficient (Wildman–Crippen LogP) is -0.219. The molecule has 0 aromatic carbocycles.